The largest absolute Gasteiger partial charge is 0.457 e. The summed E-state index contributed by atoms with van der Waals surface area (Å²) in [4.78, 5) is 11.7. The topological polar surface area (TPSA) is 44.8 Å². The molecule has 0 saturated carbocycles. The fraction of sp³-hybridized carbons (Fsp3) is 0.0833. The molecule has 2 rings (SSSR count). The van der Waals surface area contributed by atoms with Crippen LogP contribution in [-0.4, -0.2) is 12.6 Å². The van der Waals surface area contributed by atoms with Crippen LogP contribution in [-0.2, 0) is 13.8 Å². The third kappa shape index (κ3) is 3.70. The average molecular weight is 250 g/mol. The van der Waals surface area contributed by atoms with Gasteiger partial charge in [-0.3, -0.25) is 0 Å². The van der Waals surface area contributed by atoms with E-state index < -0.39 is 5.97 Å². The number of esters is 1. The first-order valence-corrected chi connectivity index (χ1v) is 5.84. The predicted octanol–water partition coefficient (Wildman–Crippen LogP) is 2.80. The minimum absolute atomic E-state index is 0.0231. The molecular weight excluding hydrogens is 239 g/mol. The summed E-state index contributed by atoms with van der Waals surface area (Å²) in [7, 11) is -0.0231. The van der Waals surface area contributed by atoms with Gasteiger partial charge in [0.1, 0.15) is 5.76 Å². The SMILES string of the molecule is O=C(OC1=C/COPO/C=C\1)c1ccccc1. The van der Waals surface area contributed by atoms with Gasteiger partial charge in [0, 0.05) is 6.08 Å². The van der Waals surface area contributed by atoms with Gasteiger partial charge < -0.3 is 13.8 Å². The Morgan fingerprint density at radius 3 is 2.94 bits per heavy atom. The van der Waals surface area contributed by atoms with E-state index in [1.807, 2.05) is 6.07 Å². The maximum Gasteiger partial charge on any atom is 0.343 e. The molecule has 1 unspecified atom stereocenters. The van der Waals surface area contributed by atoms with Crippen molar-refractivity contribution in [3.05, 3.63) is 60.1 Å². The number of hydrogen-bond acceptors (Lipinski definition) is 4. The highest BCUT2D eigenvalue weighted by Gasteiger charge is 2.08. The summed E-state index contributed by atoms with van der Waals surface area (Å²) in [5.74, 6) is 0.0212. The zero-order valence-corrected chi connectivity index (χ0v) is 9.96. The molecule has 1 aromatic carbocycles. The van der Waals surface area contributed by atoms with E-state index in [-0.39, 0.29) is 9.03 Å². The van der Waals surface area contributed by atoms with E-state index in [1.54, 1.807) is 36.4 Å². The number of rotatable bonds is 2. The highest BCUT2D eigenvalue weighted by Crippen LogP contribution is 2.18. The summed E-state index contributed by atoms with van der Waals surface area (Å²) < 4.78 is 15.3. The van der Waals surface area contributed by atoms with Gasteiger partial charge >= 0.3 is 5.97 Å². The van der Waals surface area contributed by atoms with Crippen LogP contribution in [0.15, 0.2) is 54.5 Å². The van der Waals surface area contributed by atoms with Crippen molar-refractivity contribution in [2.24, 2.45) is 0 Å². The second-order valence-electron chi connectivity index (χ2n) is 3.18. The minimum Gasteiger partial charge on any atom is -0.457 e. The van der Waals surface area contributed by atoms with E-state index in [4.69, 9.17) is 13.8 Å². The lowest BCUT2D eigenvalue weighted by Crippen LogP contribution is -2.04. The first-order chi connectivity index (χ1) is 8.36. The molecule has 4 nitrogen and oxygen atoms in total. The normalized spacial score (nSPS) is 21.5. The van der Waals surface area contributed by atoms with Crippen molar-refractivity contribution < 1.29 is 18.6 Å². The number of ether oxygens (including phenoxy) is 1. The Morgan fingerprint density at radius 2 is 2.12 bits per heavy atom. The Morgan fingerprint density at radius 1 is 1.29 bits per heavy atom. The highest BCUT2D eigenvalue weighted by atomic mass is 31.1. The monoisotopic (exact) mass is 250 g/mol. The lowest BCUT2D eigenvalue weighted by Gasteiger charge is -2.08. The van der Waals surface area contributed by atoms with E-state index in [0.717, 1.165) is 0 Å². The van der Waals surface area contributed by atoms with Crippen LogP contribution < -0.4 is 0 Å². The smallest absolute Gasteiger partial charge is 0.343 e. The molecule has 0 amide bonds. The van der Waals surface area contributed by atoms with Crippen molar-refractivity contribution in [1.29, 1.82) is 0 Å². The summed E-state index contributed by atoms with van der Waals surface area (Å²) in [6.45, 7) is 0.361. The number of hydrogen-bond donors (Lipinski definition) is 0. The molecule has 0 aliphatic carbocycles. The molecular formula is C12H11O4P. The molecule has 1 heterocycles. The van der Waals surface area contributed by atoms with Crippen molar-refractivity contribution in [1.82, 2.24) is 0 Å². The van der Waals surface area contributed by atoms with Gasteiger partial charge in [0.25, 0.3) is 0 Å². The molecule has 0 radical (unpaired) electrons. The van der Waals surface area contributed by atoms with Crippen molar-refractivity contribution in [3.63, 3.8) is 0 Å². The third-order valence-corrected chi connectivity index (χ3v) is 2.51. The van der Waals surface area contributed by atoms with Crippen LogP contribution in [0, 0.1) is 0 Å². The van der Waals surface area contributed by atoms with E-state index in [2.05, 4.69) is 0 Å². The average Bonchev–Trinajstić information content (AvgIpc) is 2.33. The summed E-state index contributed by atoms with van der Waals surface area (Å²) in [6.07, 6.45) is 4.73. The molecule has 1 aliphatic rings. The number of carbonyl (C=O) groups excluding carboxylic acids is 1. The molecule has 0 aromatic heterocycles. The Bertz CT molecular complexity index is 439. The van der Waals surface area contributed by atoms with Crippen molar-refractivity contribution in [3.8, 4) is 0 Å². The van der Waals surface area contributed by atoms with Crippen LogP contribution >= 0.6 is 9.03 Å². The second-order valence-corrected chi connectivity index (χ2v) is 3.87. The molecule has 0 saturated heterocycles. The number of carbonyl (C=O) groups is 1. The summed E-state index contributed by atoms with van der Waals surface area (Å²) >= 11 is 0. The maximum absolute atomic E-state index is 11.7. The zero-order chi connectivity index (χ0) is 11.9. The zero-order valence-electron chi connectivity index (χ0n) is 8.96. The van der Waals surface area contributed by atoms with Gasteiger partial charge in [-0.25, -0.2) is 4.79 Å². The molecule has 88 valence electrons. The van der Waals surface area contributed by atoms with Crippen LogP contribution in [0.25, 0.3) is 0 Å². The van der Waals surface area contributed by atoms with Gasteiger partial charge in [0.05, 0.1) is 18.4 Å². The lowest BCUT2D eigenvalue weighted by atomic mass is 10.2. The van der Waals surface area contributed by atoms with Gasteiger partial charge in [-0.15, -0.1) is 0 Å². The van der Waals surface area contributed by atoms with Gasteiger partial charge in [-0.1, -0.05) is 18.2 Å². The Kier molecular flexibility index (Phi) is 4.30. The first kappa shape index (κ1) is 11.8. The van der Waals surface area contributed by atoms with Gasteiger partial charge in [-0.2, -0.15) is 0 Å². The molecule has 0 N–H and O–H groups in total. The fourth-order valence-electron chi connectivity index (χ4n) is 1.20. The number of allylic oxidation sites excluding steroid dienone is 1. The van der Waals surface area contributed by atoms with Crippen LogP contribution in [0.2, 0.25) is 0 Å². The predicted molar refractivity (Wildman–Crippen MR) is 64.4 cm³/mol. The van der Waals surface area contributed by atoms with E-state index in [0.29, 0.717) is 17.9 Å². The van der Waals surface area contributed by atoms with E-state index >= 15 is 0 Å². The van der Waals surface area contributed by atoms with Gasteiger partial charge in [0.15, 0.2) is 0 Å². The molecule has 0 fully saturated rings. The van der Waals surface area contributed by atoms with Crippen molar-refractivity contribution in [2.75, 3.05) is 6.61 Å². The van der Waals surface area contributed by atoms with Crippen molar-refractivity contribution in [2.45, 2.75) is 0 Å². The van der Waals surface area contributed by atoms with Crippen LogP contribution in [0.1, 0.15) is 10.4 Å². The van der Waals surface area contributed by atoms with Crippen LogP contribution in [0.3, 0.4) is 0 Å². The number of benzene rings is 1. The summed E-state index contributed by atoms with van der Waals surface area (Å²) in [5, 5.41) is 0. The molecule has 1 aliphatic heterocycles. The second kappa shape index (κ2) is 6.18. The summed E-state index contributed by atoms with van der Waals surface area (Å²) in [5.41, 5.74) is 0.507. The van der Waals surface area contributed by atoms with Gasteiger partial charge in [-0.05, 0) is 18.2 Å². The Balaban J connectivity index is 2.03. The standard InChI is InChI=1S/C12H11O4P/c13-12(10-4-2-1-3-5-10)16-11-6-8-14-17-15-9-7-11/h1-8,17H,9H2/b8-6-,11-7+. The third-order valence-electron chi connectivity index (χ3n) is 2.00. The summed E-state index contributed by atoms with van der Waals surface area (Å²) in [6, 6.07) is 8.81. The van der Waals surface area contributed by atoms with Crippen molar-refractivity contribution >= 4 is 15.0 Å². The lowest BCUT2D eigenvalue weighted by molar-refractivity contribution is 0.0634. The maximum atomic E-state index is 11.7. The Hall–Kier alpha value is -1.64. The highest BCUT2D eigenvalue weighted by molar-refractivity contribution is 7.26. The van der Waals surface area contributed by atoms with Crippen LogP contribution in [0.4, 0.5) is 0 Å². The fourth-order valence-corrected chi connectivity index (χ4v) is 1.55. The molecule has 1 atom stereocenters. The van der Waals surface area contributed by atoms with Crippen LogP contribution in [0.5, 0.6) is 0 Å². The molecule has 5 heteroatoms. The van der Waals surface area contributed by atoms with E-state index in [1.165, 1.54) is 6.26 Å². The molecule has 0 bridgehead atoms. The molecule has 17 heavy (non-hydrogen) atoms. The quantitative estimate of drug-likeness (QED) is 0.598. The molecule has 0 spiro atoms. The van der Waals surface area contributed by atoms with Gasteiger partial charge in [0.2, 0.25) is 9.03 Å². The minimum atomic E-state index is -0.399. The molecule has 1 aromatic rings. The first-order valence-electron chi connectivity index (χ1n) is 5.02. The van der Waals surface area contributed by atoms with E-state index in [9.17, 15) is 4.79 Å². The Labute approximate surface area is 101 Å².